The highest BCUT2D eigenvalue weighted by atomic mass is 32.2. The summed E-state index contributed by atoms with van der Waals surface area (Å²) in [4.78, 5) is 11.9. The summed E-state index contributed by atoms with van der Waals surface area (Å²) in [6.07, 6.45) is 0. The molecule has 3 N–H and O–H groups in total. The molecule has 0 radical (unpaired) electrons. The van der Waals surface area contributed by atoms with Crippen LogP contribution in [0.2, 0.25) is 0 Å². The first-order valence-electron chi connectivity index (χ1n) is 5.57. The summed E-state index contributed by atoms with van der Waals surface area (Å²) in [7, 11) is 0.281. The fourth-order valence-electron chi connectivity index (χ4n) is 1.31. The van der Waals surface area contributed by atoms with E-state index in [1.165, 1.54) is 7.11 Å². The summed E-state index contributed by atoms with van der Waals surface area (Å²) < 4.78 is 16.6. The first kappa shape index (κ1) is 14.7. The molecule has 0 aliphatic carbocycles. The third-order valence-electron chi connectivity index (χ3n) is 2.47. The molecular formula is C12H18N2O3S. The number of anilines is 2. The van der Waals surface area contributed by atoms with Crippen LogP contribution in [0, 0.1) is 0 Å². The Kier molecular flexibility index (Phi) is 5.80. The fourth-order valence-corrected chi connectivity index (χ4v) is 2.29. The molecule has 100 valence electrons. The molecular weight excluding hydrogens is 252 g/mol. The van der Waals surface area contributed by atoms with Crippen LogP contribution in [-0.2, 0) is 20.3 Å². The Morgan fingerprint density at radius 2 is 2.17 bits per heavy atom. The maximum atomic E-state index is 11.9. The standard InChI is InChI=1S/C12H18N2O3S/c1-9(18(16)8-7-17-2)12(15)14-11-6-4-3-5-10(11)13/h3-6,9H,7-8,13H2,1-2H3,(H,14,15). The minimum absolute atomic E-state index is 0.303. The number of amides is 1. The summed E-state index contributed by atoms with van der Waals surface area (Å²) >= 11 is 0. The summed E-state index contributed by atoms with van der Waals surface area (Å²) in [5.41, 5.74) is 6.74. The van der Waals surface area contributed by atoms with Crippen LogP contribution in [0.15, 0.2) is 24.3 Å². The largest absolute Gasteiger partial charge is 0.397 e. The minimum Gasteiger partial charge on any atom is -0.397 e. The van der Waals surface area contributed by atoms with E-state index in [4.69, 9.17) is 10.5 Å². The van der Waals surface area contributed by atoms with E-state index in [0.717, 1.165) is 0 Å². The molecule has 1 amide bonds. The second-order valence-electron chi connectivity index (χ2n) is 3.80. The van der Waals surface area contributed by atoms with E-state index in [0.29, 0.717) is 23.7 Å². The Hall–Kier alpha value is -1.40. The second-order valence-corrected chi connectivity index (χ2v) is 5.67. The first-order chi connectivity index (χ1) is 8.56. The third-order valence-corrected chi connectivity index (χ3v) is 4.04. The van der Waals surface area contributed by atoms with Crippen LogP contribution in [0.1, 0.15) is 6.92 Å². The summed E-state index contributed by atoms with van der Waals surface area (Å²) in [5, 5.41) is 2.07. The van der Waals surface area contributed by atoms with Crippen molar-refractivity contribution in [1.29, 1.82) is 0 Å². The zero-order valence-corrected chi connectivity index (χ0v) is 11.3. The molecule has 0 aliphatic heterocycles. The van der Waals surface area contributed by atoms with Crippen molar-refractivity contribution in [2.45, 2.75) is 12.2 Å². The van der Waals surface area contributed by atoms with E-state index in [2.05, 4.69) is 5.32 Å². The highest BCUT2D eigenvalue weighted by Crippen LogP contribution is 2.17. The van der Waals surface area contributed by atoms with Crippen LogP contribution in [0.3, 0.4) is 0 Å². The Morgan fingerprint density at radius 3 is 2.78 bits per heavy atom. The summed E-state index contributed by atoms with van der Waals surface area (Å²) in [5.74, 6) is 0.0392. The number of para-hydroxylation sites is 2. The average Bonchev–Trinajstić information content (AvgIpc) is 2.37. The average molecular weight is 270 g/mol. The van der Waals surface area contributed by atoms with Crippen molar-refractivity contribution in [3.05, 3.63) is 24.3 Å². The lowest BCUT2D eigenvalue weighted by Gasteiger charge is -2.13. The lowest BCUT2D eigenvalue weighted by molar-refractivity contribution is -0.115. The topological polar surface area (TPSA) is 81.4 Å². The lowest BCUT2D eigenvalue weighted by atomic mass is 10.2. The normalized spacial score (nSPS) is 13.9. The molecule has 0 aliphatic rings. The molecule has 2 unspecified atom stereocenters. The molecule has 1 rings (SSSR count). The molecule has 18 heavy (non-hydrogen) atoms. The lowest BCUT2D eigenvalue weighted by Crippen LogP contribution is -2.31. The number of ether oxygens (including phenoxy) is 1. The van der Waals surface area contributed by atoms with Crippen molar-refractivity contribution in [3.63, 3.8) is 0 Å². The molecule has 6 heteroatoms. The van der Waals surface area contributed by atoms with Crippen LogP contribution in [0.4, 0.5) is 11.4 Å². The highest BCUT2D eigenvalue weighted by molar-refractivity contribution is 7.86. The van der Waals surface area contributed by atoms with Gasteiger partial charge in [-0.25, -0.2) is 0 Å². The second kappa shape index (κ2) is 7.13. The molecule has 0 bridgehead atoms. The van der Waals surface area contributed by atoms with Crippen LogP contribution >= 0.6 is 0 Å². The molecule has 0 aromatic heterocycles. The van der Waals surface area contributed by atoms with Crippen LogP contribution in [0.5, 0.6) is 0 Å². The number of rotatable bonds is 6. The number of nitrogen functional groups attached to an aromatic ring is 1. The smallest absolute Gasteiger partial charge is 0.239 e. The van der Waals surface area contributed by atoms with Gasteiger partial charge in [0.25, 0.3) is 0 Å². The maximum Gasteiger partial charge on any atom is 0.239 e. The van der Waals surface area contributed by atoms with E-state index in [-0.39, 0.29) is 5.91 Å². The quantitative estimate of drug-likeness (QED) is 0.755. The zero-order chi connectivity index (χ0) is 13.5. The number of nitrogens with two attached hydrogens (primary N) is 1. The predicted octanol–water partition coefficient (Wildman–Crippen LogP) is 0.991. The van der Waals surface area contributed by atoms with Crippen LogP contribution < -0.4 is 11.1 Å². The fraction of sp³-hybridized carbons (Fsp3) is 0.417. The molecule has 0 saturated carbocycles. The summed E-state index contributed by atoms with van der Waals surface area (Å²) in [6.45, 7) is 2.00. The number of hydrogen-bond donors (Lipinski definition) is 2. The van der Waals surface area contributed by atoms with Crippen LogP contribution in [0.25, 0.3) is 0 Å². The number of benzene rings is 1. The van der Waals surface area contributed by atoms with Gasteiger partial charge in [0.15, 0.2) is 0 Å². The van der Waals surface area contributed by atoms with Crippen molar-refractivity contribution < 1.29 is 13.7 Å². The predicted molar refractivity (Wildman–Crippen MR) is 73.8 cm³/mol. The molecule has 0 fully saturated rings. The van der Waals surface area contributed by atoms with E-state index in [1.54, 1.807) is 31.2 Å². The van der Waals surface area contributed by atoms with Crippen molar-refractivity contribution in [1.82, 2.24) is 0 Å². The number of carbonyl (C=O) groups excluding carboxylic acids is 1. The van der Waals surface area contributed by atoms with E-state index < -0.39 is 16.0 Å². The van der Waals surface area contributed by atoms with Crippen molar-refractivity contribution in [2.24, 2.45) is 0 Å². The third kappa shape index (κ3) is 4.12. The van der Waals surface area contributed by atoms with E-state index in [9.17, 15) is 9.00 Å². The SMILES string of the molecule is COCCS(=O)C(C)C(=O)Nc1ccccc1N. The van der Waals surface area contributed by atoms with Gasteiger partial charge in [0.1, 0.15) is 5.25 Å². The maximum absolute atomic E-state index is 11.9. The molecule has 5 nitrogen and oxygen atoms in total. The molecule has 0 spiro atoms. The van der Waals surface area contributed by atoms with Crippen molar-refractivity contribution >= 4 is 28.1 Å². The highest BCUT2D eigenvalue weighted by Gasteiger charge is 2.20. The van der Waals surface area contributed by atoms with Gasteiger partial charge in [-0.05, 0) is 19.1 Å². The van der Waals surface area contributed by atoms with Gasteiger partial charge in [0.05, 0.1) is 18.0 Å². The monoisotopic (exact) mass is 270 g/mol. The molecule has 1 aromatic carbocycles. The van der Waals surface area contributed by atoms with Gasteiger partial charge in [-0.3, -0.25) is 9.00 Å². The van der Waals surface area contributed by atoms with Gasteiger partial charge in [0, 0.05) is 23.7 Å². The van der Waals surface area contributed by atoms with Crippen molar-refractivity contribution in [2.75, 3.05) is 30.5 Å². The number of hydrogen-bond acceptors (Lipinski definition) is 4. The number of carbonyl (C=O) groups is 1. The van der Waals surface area contributed by atoms with Gasteiger partial charge in [-0.1, -0.05) is 12.1 Å². The van der Waals surface area contributed by atoms with E-state index in [1.807, 2.05) is 0 Å². The first-order valence-corrected chi connectivity index (χ1v) is 6.96. The summed E-state index contributed by atoms with van der Waals surface area (Å²) in [6, 6.07) is 6.96. The molecule has 0 heterocycles. The Morgan fingerprint density at radius 1 is 1.50 bits per heavy atom. The molecule has 1 aromatic rings. The van der Waals surface area contributed by atoms with Crippen LogP contribution in [-0.4, -0.2) is 34.8 Å². The number of methoxy groups -OCH3 is 1. The van der Waals surface area contributed by atoms with Gasteiger partial charge >= 0.3 is 0 Å². The molecule has 2 atom stereocenters. The van der Waals surface area contributed by atoms with Gasteiger partial charge in [-0.15, -0.1) is 0 Å². The minimum atomic E-state index is -1.25. The van der Waals surface area contributed by atoms with Crippen molar-refractivity contribution in [3.8, 4) is 0 Å². The number of nitrogens with one attached hydrogen (secondary N) is 1. The van der Waals surface area contributed by atoms with Gasteiger partial charge in [-0.2, -0.15) is 0 Å². The Labute approximate surface area is 109 Å². The van der Waals surface area contributed by atoms with Gasteiger partial charge < -0.3 is 15.8 Å². The zero-order valence-electron chi connectivity index (χ0n) is 10.5. The Bertz CT molecular complexity index is 437. The Balaban J connectivity index is 2.60. The van der Waals surface area contributed by atoms with Gasteiger partial charge in [0.2, 0.25) is 5.91 Å². The molecule has 0 saturated heterocycles. The van der Waals surface area contributed by atoms with E-state index >= 15 is 0 Å².